The molecule has 10 heavy (non-hydrogen) atoms. The van der Waals surface area contributed by atoms with Crippen LogP contribution >= 0.6 is 11.6 Å². The maximum atomic E-state index is 5.45. The molecular weight excluding hydrogens is 148 g/mol. The molecule has 0 bridgehead atoms. The van der Waals surface area contributed by atoms with Gasteiger partial charge in [-0.3, -0.25) is 0 Å². The van der Waals surface area contributed by atoms with Gasteiger partial charge in [0.1, 0.15) is 0 Å². The van der Waals surface area contributed by atoms with Crippen LogP contribution in [0.5, 0.6) is 0 Å². The molecule has 0 unspecified atom stereocenters. The number of hydrogen-bond donors (Lipinski definition) is 0. The van der Waals surface area contributed by atoms with Crippen molar-refractivity contribution in [2.24, 2.45) is 0 Å². The van der Waals surface area contributed by atoms with E-state index >= 15 is 0 Å². The summed E-state index contributed by atoms with van der Waals surface area (Å²) < 4.78 is 5.36. The van der Waals surface area contributed by atoms with Gasteiger partial charge in [0, 0.05) is 5.88 Å². The Bertz CT molecular complexity index is 140. The monoisotopic (exact) mass is 158 g/mol. The van der Waals surface area contributed by atoms with E-state index in [1.54, 1.807) is 0 Å². The molecule has 1 atom stereocenters. The minimum absolute atomic E-state index is 0.253. The zero-order chi connectivity index (χ0) is 7.23. The first-order valence-corrected chi connectivity index (χ1v) is 3.98. The average Bonchev–Trinajstić information content (AvgIpc) is 2.03. The van der Waals surface area contributed by atoms with Crippen molar-refractivity contribution in [2.45, 2.75) is 12.5 Å². The van der Waals surface area contributed by atoms with E-state index in [0.717, 1.165) is 6.42 Å². The van der Waals surface area contributed by atoms with E-state index in [9.17, 15) is 0 Å². The normalized spacial score (nSPS) is 23.5. The number of allylic oxidation sites excluding steroid dienone is 2. The first kappa shape index (κ1) is 7.83. The average molecular weight is 159 g/mol. The van der Waals surface area contributed by atoms with E-state index in [1.807, 2.05) is 18.2 Å². The molecule has 0 aromatic carbocycles. The molecule has 0 aromatic heterocycles. The quantitative estimate of drug-likeness (QED) is 0.572. The molecule has 0 aromatic rings. The lowest BCUT2D eigenvalue weighted by Gasteiger charge is -2.12. The van der Waals surface area contributed by atoms with E-state index in [2.05, 4.69) is 6.08 Å². The number of hydrogen-bond acceptors (Lipinski definition) is 1. The standard InChI is InChI=1S/C8H11ClO/c9-6-7-10-8-4-2-1-3-5-8/h1-4,8H,5-7H2/t8-/m0/s1. The molecule has 0 spiro atoms. The first-order chi connectivity index (χ1) is 4.93. The maximum Gasteiger partial charge on any atom is 0.0793 e. The van der Waals surface area contributed by atoms with E-state index in [4.69, 9.17) is 16.3 Å². The molecule has 2 heteroatoms. The Hall–Kier alpha value is -0.270. The summed E-state index contributed by atoms with van der Waals surface area (Å²) in [4.78, 5) is 0. The van der Waals surface area contributed by atoms with Crippen LogP contribution in [0.3, 0.4) is 0 Å². The Morgan fingerprint density at radius 1 is 1.50 bits per heavy atom. The van der Waals surface area contributed by atoms with Crippen LogP contribution in [0.15, 0.2) is 24.3 Å². The highest BCUT2D eigenvalue weighted by Crippen LogP contribution is 2.06. The lowest BCUT2D eigenvalue weighted by Crippen LogP contribution is -2.11. The first-order valence-electron chi connectivity index (χ1n) is 3.44. The molecule has 0 saturated carbocycles. The fraction of sp³-hybridized carbons (Fsp3) is 0.500. The molecule has 0 aliphatic heterocycles. The molecule has 1 aliphatic carbocycles. The van der Waals surface area contributed by atoms with Crippen molar-refractivity contribution in [1.82, 2.24) is 0 Å². The third kappa shape index (κ3) is 2.54. The molecule has 0 saturated heterocycles. The highest BCUT2D eigenvalue weighted by Gasteiger charge is 2.02. The summed E-state index contributed by atoms with van der Waals surface area (Å²) >= 11 is 5.45. The molecule has 0 amide bonds. The van der Waals surface area contributed by atoms with Gasteiger partial charge in [-0.05, 0) is 6.42 Å². The summed E-state index contributed by atoms with van der Waals surface area (Å²) in [6.07, 6.45) is 9.41. The molecule has 1 nitrogen and oxygen atoms in total. The molecule has 0 fully saturated rings. The minimum atomic E-state index is 0.253. The lowest BCUT2D eigenvalue weighted by atomic mass is 10.1. The second-order valence-electron chi connectivity index (χ2n) is 2.15. The van der Waals surface area contributed by atoms with Gasteiger partial charge in [0.15, 0.2) is 0 Å². The summed E-state index contributed by atoms with van der Waals surface area (Å²) in [6, 6.07) is 0. The van der Waals surface area contributed by atoms with Crippen LogP contribution in [0.4, 0.5) is 0 Å². The van der Waals surface area contributed by atoms with Gasteiger partial charge in [-0.15, -0.1) is 11.6 Å². The van der Waals surface area contributed by atoms with Gasteiger partial charge in [0.2, 0.25) is 0 Å². The third-order valence-corrected chi connectivity index (χ3v) is 1.50. The molecule has 56 valence electrons. The van der Waals surface area contributed by atoms with Gasteiger partial charge in [0.05, 0.1) is 12.7 Å². The number of ether oxygens (including phenoxy) is 1. The molecule has 0 heterocycles. The molecule has 0 N–H and O–H groups in total. The van der Waals surface area contributed by atoms with E-state index in [-0.39, 0.29) is 6.10 Å². The third-order valence-electron chi connectivity index (χ3n) is 1.35. The van der Waals surface area contributed by atoms with Gasteiger partial charge >= 0.3 is 0 Å². The van der Waals surface area contributed by atoms with Gasteiger partial charge in [-0.2, -0.15) is 0 Å². The van der Waals surface area contributed by atoms with Gasteiger partial charge in [-0.1, -0.05) is 24.3 Å². The lowest BCUT2D eigenvalue weighted by molar-refractivity contribution is 0.0993. The minimum Gasteiger partial charge on any atom is -0.373 e. The number of rotatable bonds is 3. The molecular formula is C8H11ClO. The highest BCUT2D eigenvalue weighted by atomic mass is 35.5. The molecule has 0 radical (unpaired) electrons. The Morgan fingerprint density at radius 3 is 3.00 bits per heavy atom. The zero-order valence-electron chi connectivity index (χ0n) is 5.79. The fourth-order valence-electron chi connectivity index (χ4n) is 0.877. The SMILES string of the molecule is ClCCO[C@H]1C=CC=CC1. The van der Waals surface area contributed by atoms with Gasteiger partial charge < -0.3 is 4.74 Å². The van der Waals surface area contributed by atoms with Crippen LogP contribution in [0.25, 0.3) is 0 Å². The number of halogens is 1. The Balaban J connectivity index is 2.17. The topological polar surface area (TPSA) is 9.23 Å². The zero-order valence-corrected chi connectivity index (χ0v) is 6.55. The Labute approximate surface area is 66.3 Å². The summed E-state index contributed by atoms with van der Waals surface area (Å²) in [5, 5.41) is 0. The van der Waals surface area contributed by atoms with E-state index < -0.39 is 0 Å². The van der Waals surface area contributed by atoms with Crippen LogP contribution in [-0.4, -0.2) is 18.6 Å². The summed E-state index contributed by atoms with van der Waals surface area (Å²) in [5.41, 5.74) is 0. The van der Waals surface area contributed by atoms with Crippen LogP contribution < -0.4 is 0 Å². The predicted octanol–water partition coefficient (Wildman–Crippen LogP) is 2.13. The summed E-state index contributed by atoms with van der Waals surface area (Å²) in [5.74, 6) is 0.577. The van der Waals surface area contributed by atoms with Crippen LogP contribution in [0.2, 0.25) is 0 Å². The van der Waals surface area contributed by atoms with Crippen molar-refractivity contribution < 1.29 is 4.74 Å². The highest BCUT2D eigenvalue weighted by molar-refractivity contribution is 6.17. The second-order valence-corrected chi connectivity index (χ2v) is 2.52. The van der Waals surface area contributed by atoms with Crippen molar-refractivity contribution in [1.29, 1.82) is 0 Å². The predicted molar refractivity (Wildman–Crippen MR) is 43.4 cm³/mol. The van der Waals surface area contributed by atoms with Crippen molar-refractivity contribution in [2.75, 3.05) is 12.5 Å². The Kier molecular flexibility index (Phi) is 3.55. The molecule has 1 rings (SSSR count). The van der Waals surface area contributed by atoms with Crippen LogP contribution in [-0.2, 0) is 4.74 Å². The largest absolute Gasteiger partial charge is 0.373 e. The van der Waals surface area contributed by atoms with Crippen LogP contribution in [0, 0.1) is 0 Å². The fourth-order valence-corrected chi connectivity index (χ4v) is 0.967. The Morgan fingerprint density at radius 2 is 2.40 bits per heavy atom. The van der Waals surface area contributed by atoms with Crippen LogP contribution in [0.1, 0.15) is 6.42 Å². The smallest absolute Gasteiger partial charge is 0.0793 e. The number of alkyl halides is 1. The molecule has 1 aliphatic rings. The summed E-state index contributed by atoms with van der Waals surface area (Å²) in [7, 11) is 0. The van der Waals surface area contributed by atoms with Gasteiger partial charge in [0.25, 0.3) is 0 Å². The van der Waals surface area contributed by atoms with E-state index in [0.29, 0.717) is 12.5 Å². The van der Waals surface area contributed by atoms with Crippen molar-refractivity contribution in [3.63, 3.8) is 0 Å². The van der Waals surface area contributed by atoms with Crippen molar-refractivity contribution >= 4 is 11.6 Å². The van der Waals surface area contributed by atoms with Gasteiger partial charge in [-0.25, -0.2) is 0 Å². The second kappa shape index (κ2) is 4.53. The van der Waals surface area contributed by atoms with Crippen molar-refractivity contribution in [3.8, 4) is 0 Å². The van der Waals surface area contributed by atoms with Crippen molar-refractivity contribution in [3.05, 3.63) is 24.3 Å². The summed E-state index contributed by atoms with van der Waals surface area (Å²) in [6.45, 7) is 0.643. The maximum absolute atomic E-state index is 5.45. The van der Waals surface area contributed by atoms with E-state index in [1.165, 1.54) is 0 Å².